The van der Waals surface area contributed by atoms with Crippen molar-refractivity contribution in [3.05, 3.63) is 52.5 Å². The molecule has 0 N–H and O–H groups in total. The van der Waals surface area contributed by atoms with Gasteiger partial charge >= 0.3 is 5.97 Å². The van der Waals surface area contributed by atoms with Crippen LogP contribution in [0, 0.1) is 0 Å². The minimum absolute atomic E-state index is 0.0580. The quantitative estimate of drug-likeness (QED) is 0.580. The topological polar surface area (TPSA) is 44.8 Å². The van der Waals surface area contributed by atoms with E-state index >= 15 is 0 Å². The number of ether oxygens (including phenoxy) is 3. The third kappa shape index (κ3) is 4.01. The monoisotopic (exact) mass is 364 g/mol. The van der Waals surface area contributed by atoms with E-state index in [-0.39, 0.29) is 6.10 Å². The van der Waals surface area contributed by atoms with E-state index in [0.29, 0.717) is 27.3 Å². The molecule has 0 spiro atoms. The highest BCUT2D eigenvalue weighted by Gasteiger charge is 2.14. The minimum Gasteiger partial charge on any atom is -0.493 e. The summed E-state index contributed by atoms with van der Waals surface area (Å²) in [5.41, 5.74) is 0.425. The fraction of sp³-hybridized carbons (Fsp3) is 0.235. The molecule has 0 saturated heterocycles. The number of halogens is 1. The molecule has 0 amide bonds. The van der Waals surface area contributed by atoms with Crippen molar-refractivity contribution in [1.82, 2.24) is 0 Å². The van der Waals surface area contributed by atoms with Crippen LogP contribution in [0.2, 0.25) is 0 Å². The first-order valence-corrected chi connectivity index (χ1v) is 7.62. The molecule has 0 fully saturated rings. The zero-order valence-corrected chi connectivity index (χ0v) is 14.2. The number of benzene rings is 2. The molecule has 0 aliphatic carbocycles. The summed E-state index contributed by atoms with van der Waals surface area (Å²) in [6, 6.07) is 12.1. The lowest BCUT2D eigenvalue weighted by Gasteiger charge is -2.12. The van der Waals surface area contributed by atoms with E-state index in [0.717, 1.165) is 0 Å². The molecule has 0 bridgehead atoms. The average molecular weight is 365 g/mol. The maximum atomic E-state index is 12.2. The molecule has 2 aromatic rings. The van der Waals surface area contributed by atoms with Gasteiger partial charge in [-0.2, -0.15) is 0 Å². The predicted octanol–water partition coefficient (Wildman–Crippen LogP) is 4.46. The van der Waals surface area contributed by atoms with Crippen molar-refractivity contribution in [1.29, 1.82) is 0 Å². The highest BCUT2D eigenvalue weighted by atomic mass is 79.9. The lowest BCUT2D eigenvalue weighted by atomic mass is 10.2. The summed E-state index contributed by atoms with van der Waals surface area (Å²) in [5.74, 6) is 1.12. The molecule has 0 heterocycles. The van der Waals surface area contributed by atoms with Crippen molar-refractivity contribution in [2.24, 2.45) is 0 Å². The van der Waals surface area contributed by atoms with Crippen molar-refractivity contribution in [3.63, 3.8) is 0 Å². The standard InChI is InChI=1S/C17H17BrO4/c1-11(2)21-14-9-8-12(10-13(14)18)17(19)22-16-7-5-4-6-15(16)20-3/h4-11H,1-3H3. The Labute approximate surface area is 138 Å². The Morgan fingerprint density at radius 2 is 1.73 bits per heavy atom. The largest absolute Gasteiger partial charge is 0.493 e. The second-order valence-electron chi connectivity index (χ2n) is 4.85. The van der Waals surface area contributed by atoms with Crippen molar-refractivity contribution in [3.8, 4) is 17.2 Å². The summed E-state index contributed by atoms with van der Waals surface area (Å²) >= 11 is 3.40. The number of rotatable bonds is 5. The molecule has 0 unspecified atom stereocenters. The van der Waals surface area contributed by atoms with Crippen LogP contribution in [0.3, 0.4) is 0 Å². The van der Waals surface area contributed by atoms with Crippen LogP contribution in [0.1, 0.15) is 24.2 Å². The molecule has 4 nitrogen and oxygen atoms in total. The van der Waals surface area contributed by atoms with Crippen LogP contribution in [-0.4, -0.2) is 19.2 Å². The first-order valence-electron chi connectivity index (χ1n) is 6.82. The first-order chi connectivity index (χ1) is 10.5. The molecule has 2 rings (SSSR count). The number of para-hydroxylation sites is 2. The molecule has 0 aromatic heterocycles. The van der Waals surface area contributed by atoms with Gasteiger partial charge in [0.25, 0.3) is 0 Å². The fourth-order valence-corrected chi connectivity index (χ4v) is 2.31. The van der Waals surface area contributed by atoms with E-state index in [1.807, 2.05) is 19.9 Å². The summed E-state index contributed by atoms with van der Waals surface area (Å²) in [4.78, 5) is 12.2. The summed E-state index contributed by atoms with van der Waals surface area (Å²) < 4.78 is 16.9. The van der Waals surface area contributed by atoms with Gasteiger partial charge in [-0.05, 0) is 60.1 Å². The zero-order chi connectivity index (χ0) is 16.1. The van der Waals surface area contributed by atoms with E-state index in [4.69, 9.17) is 14.2 Å². The van der Waals surface area contributed by atoms with Crippen LogP contribution in [0.15, 0.2) is 46.9 Å². The summed E-state index contributed by atoms with van der Waals surface area (Å²) in [7, 11) is 1.53. The molecule has 5 heteroatoms. The van der Waals surface area contributed by atoms with Gasteiger partial charge in [-0.1, -0.05) is 12.1 Å². The highest BCUT2D eigenvalue weighted by Crippen LogP contribution is 2.29. The predicted molar refractivity (Wildman–Crippen MR) is 87.9 cm³/mol. The Morgan fingerprint density at radius 3 is 2.32 bits per heavy atom. The zero-order valence-electron chi connectivity index (χ0n) is 12.6. The van der Waals surface area contributed by atoms with Crippen LogP contribution in [-0.2, 0) is 0 Å². The second-order valence-corrected chi connectivity index (χ2v) is 5.71. The van der Waals surface area contributed by atoms with E-state index in [2.05, 4.69) is 15.9 Å². The minimum atomic E-state index is -0.457. The van der Waals surface area contributed by atoms with Gasteiger partial charge in [0.1, 0.15) is 5.75 Å². The van der Waals surface area contributed by atoms with E-state index in [1.165, 1.54) is 7.11 Å². The Morgan fingerprint density at radius 1 is 1.05 bits per heavy atom. The van der Waals surface area contributed by atoms with E-state index in [1.54, 1.807) is 36.4 Å². The molecule has 0 aliphatic rings. The maximum absolute atomic E-state index is 12.2. The smallest absolute Gasteiger partial charge is 0.343 e. The molecule has 0 saturated carbocycles. The van der Waals surface area contributed by atoms with E-state index < -0.39 is 5.97 Å². The van der Waals surface area contributed by atoms with Crippen molar-refractivity contribution < 1.29 is 19.0 Å². The van der Waals surface area contributed by atoms with Gasteiger partial charge in [-0.3, -0.25) is 0 Å². The van der Waals surface area contributed by atoms with Crippen LogP contribution in [0.25, 0.3) is 0 Å². The number of methoxy groups -OCH3 is 1. The van der Waals surface area contributed by atoms with E-state index in [9.17, 15) is 4.79 Å². The molecule has 0 aliphatic heterocycles. The van der Waals surface area contributed by atoms with Gasteiger partial charge < -0.3 is 14.2 Å². The van der Waals surface area contributed by atoms with Gasteiger partial charge in [0.15, 0.2) is 11.5 Å². The molecule has 0 atom stereocenters. The maximum Gasteiger partial charge on any atom is 0.343 e. The summed E-state index contributed by atoms with van der Waals surface area (Å²) in [5, 5.41) is 0. The lowest BCUT2D eigenvalue weighted by molar-refractivity contribution is 0.0729. The third-order valence-electron chi connectivity index (χ3n) is 2.80. The Kier molecular flexibility index (Phi) is 5.44. The van der Waals surface area contributed by atoms with Gasteiger partial charge in [0.2, 0.25) is 0 Å². The first kappa shape index (κ1) is 16.4. The number of hydrogen-bond acceptors (Lipinski definition) is 4. The van der Waals surface area contributed by atoms with Gasteiger partial charge in [-0.25, -0.2) is 4.79 Å². The van der Waals surface area contributed by atoms with Crippen LogP contribution in [0.4, 0.5) is 0 Å². The summed E-state index contributed by atoms with van der Waals surface area (Å²) in [6.07, 6.45) is 0.0580. The number of carbonyl (C=O) groups is 1. The molecule has 116 valence electrons. The highest BCUT2D eigenvalue weighted by molar-refractivity contribution is 9.10. The molecule has 22 heavy (non-hydrogen) atoms. The van der Waals surface area contributed by atoms with Crippen molar-refractivity contribution in [2.45, 2.75) is 20.0 Å². The van der Waals surface area contributed by atoms with Gasteiger partial charge in [0, 0.05) is 0 Å². The van der Waals surface area contributed by atoms with Gasteiger partial charge in [-0.15, -0.1) is 0 Å². The second kappa shape index (κ2) is 7.31. The fourth-order valence-electron chi connectivity index (χ4n) is 1.84. The van der Waals surface area contributed by atoms with Crippen molar-refractivity contribution >= 4 is 21.9 Å². The lowest BCUT2D eigenvalue weighted by Crippen LogP contribution is -2.10. The Hall–Kier alpha value is -2.01. The molecular formula is C17H17BrO4. The van der Waals surface area contributed by atoms with Crippen LogP contribution >= 0.6 is 15.9 Å². The normalized spacial score (nSPS) is 10.4. The molecular weight excluding hydrogens is 348 g/mol. The average Bonchev–Trinajstić information content (AvgIpc) is 2.49. The van der Waals surface area contributed by atoms with Crippen LogP contribution < -0.4 is 14.2 Å². The molecule has 0 radical (unpaired) electrons. The SMILES string of the molecule is COc1ccccc1OC(=O)c1ccc(OC(C)C)c(Br)c1. The van der Waals surface area contributed by atoms with Crippen LogP contribution in [0.5, 0.6) is 17.2 Å². The Bertz CT molecular complexity index is 667. The number of hydrogen-bond donors (Lipinski definition) is 0. The Balaban J connectivity index is 2.18. The summed E-state index contributed by atoms with van der Waals surface area (Å²) in [6.45, 7) is 3.88. The molecule has 2 aromatic carbocycles. The number of carbonyl (C=O) groups excluding carboxylic acids is 1. The third-order valence-corrected chi connectivity index (χ3v) is 3.42. The number of esters is 1. The van der Waals surface area contributed by atoms with Crippen molar-refractivity contribution in [2.75, 3.05) is 7.11 Å². The van der Waals surface area contributed by atoms with Gasteiger partial charge in [0.05, 0.1) is 23.2 Å².